The molecule has 0 aliphatic heterocycles. The maximum Gasteiger partial charge on any atom is 0.303 e. The van der Waals surface area contributed by atoms with Crippen LogP contribution >= 0.6 is 12.4 Å². The number of aryl methyl sites for hydroxylation is 2. The molecule has 0 fully saturated rings. The zero-order chi connectivity index (χ0) is 11.7. The standard InChI is InChI=1S/C10H12N4O2.ClH/c1-6-8(3-4-9(15)16)7(2)14-10(13-6)11-5-12-14;/h5H,3-4H2,1-2H3,(H,15,16);1H. The molecule has 2 heterocycles. The van der Waals surface area contributed by atoms with Crippen LogP contribution in [0.3, 0.4) is 0 Å². The lowest BCUT2D eigenvalue weighted by Crippen LogP contribution is -2.08. The van der Waals surface area contributed by atoms with Gasteiger partial charge in [0.05, 0.1) is 0 Å². The number of hydrogen-bond donors (Lipinski definition) is 1. The Morgan fingerprint density at radius 3 is 2.82 bits per heavy atom. The molecule has 2 rings (SSSR count). The lowest BCUT2D eigenvalue weighted by molar-refractivity contribution is -0.136. The summed E-state index contributed by atoms with van der Waals surface area (Å²) in [6, 6.07) is 0. The average Bonchev–Trinajstić information content (AvgIpc) is 2.64. The molecule has 0 aliphatic rings. The van der Waals surface area contributed by atoms with Crippen molar-refractivity contribution in [2.75, 3.05) is 0 Å². The van der Waals surface area contributed by atoms with Crippen molar-refractivity contribution in [2.45, 2.75) is 26.7 Å². The molecule has 0 unspecified atom stereocenters. The minimum Gasteiger partial charge on any atom is -0.481 e. The van der Waals surface area contributed by atoms with E-state index in [4.69, 9.17) is 5.11 Å². The van der Waals surface area contributed by atoms with E-state index in [1.165, 1.54) is 6.33 Å². The Morgan fingerprint density at radius 2 is 2.18 bits per heavy atom. The van der Waals surface area contributed by atoms with Crippen molar-refractivity contribution in [1.29, 1.82) is 0 Å². The summed E-state index contributed by atoms with van der Waals surface area (Å²) in [5.74, 6) is -0.258. The number of carbonyl (C=O) groups is 1. The van der Waals surface area contributed by atoms with Gasteiger partial charge in [-0.3, -0.25) is 4.79 Å². The minimum atomic E-state index is -0.808. The molecule has 0 aliphatic carbocycles. The fourth-order valence-electron chi connectivity index (χ4n) is 1.75. The normalized spacial score (nSPS) is 10.2. The molecule has 6 nitrogen and oxygen atoms in total. The molecule has 7 heteroatoms. The van der Waals surface area contributed by atoms with Crippen LogP contribution in [0.4, 0.5) is 0 Å². The summed E-state index contributed by atoms with van der Waals surface area (Å²) in [6.45, 7) is 3.76. The molecule has 0 saturated carbocycles. The van der Waals surface area contributed by atoms with Gasteiger partial charge in [0.15, 0.2) is 0 Å². The highest BCUT2D eigenvalue weighted by Crippen LogP contribution is 2.14. The molecule has 1 N–H and O–H groups in total. The molecule has 92 valence electrons. The first-order valence-corrected chi connectivity index (χ1v) is 4.97. The number of aliphatic carboxylic acids is 1. The van der Waals surface area contributed by atoms with Crippen molar-refractivity contribution < 1.29 is 9.90 Å². The van der Waals surface area contributed by atoms with E-state index >= 15 is 0 Å². The molecular weight excluding hydrogens is 244 g/mol. The van der Waals surface area contributed by atoms with Crippen LogP contribution < -0.4 is 0 Å². The van der Waals surface area contributed by atoms with Gasteiger partial charge in [0.2, 0.25) is 0 Å². The Balaban J connectivity index is 0.00000144. The smallest absolute Gasteiger partial charge is 0.303 e. The number of nitrogens with zero attached hydrogens (tertiary/aromatic N) is 4. The Kier molecular flexibility index (Phi) is 4.01. The van der Waals surface area contributed by atoms with Crippen LogP contribution in [0.1, 0.15) is 23.4 Å². The van der Waals surface area contributed by atoms with E-state index in [0.29, 0.717) is 12.2 Å². The number of halogens is 1. The summed E-state index contributed by atoms with van der Waals surface area (Å²) >= 11 is 0. The molecular formula is C10H13ClN4O2. The highest BCUT2D eigenvalue weighted by Gasteiger charge is 2.11. The zero-order valence-corrected chi connectivity index (χ0v) is 10.4. The maximum atomic E-state index is 10.6. The Labute approximate surface area is 104 Å². The largest absolute Gasteiger partial charge is 0.481 e. The summed E-state index contributed by atoms with van der Waals surface area (Å²) in [7, 11) is 0. The minimum absolute atomic E-state index is 0. The van der Waals surface area contributed by atoms with E-state index in [1.54, 1.807) is 4.52 Å². The van der Waals surface area contributed by atoms with Crippen LogP contribution in [-0.2, 0) is 11.2 Å². The van der Waals surface area contributed by atoms with Gasteiger partial charge in [0.1, 0.15) is 6.33 Å². The fraction of sp³-hybridized carbons (Fsp3) is 0.400. The second-order valence-electron chi connectivity index (χ2n) is 3.63. The molecule has 0 aromatic carbocycles. The van der Waals surface area contributed by atoms with E-state index in [0.717, 1.165) is 17.0 Å². The fourth-order valence-corrected chi connectivity index (χ4v) is 1.75. The topological polar surface area (TPSA) is 80.4 Å². The van der Waals surface area contributed by atoms with Gasteiger partial charge in [0, 0.05) is 17.8 Å². The van der Waals surface area contributed by atoms with Crippen LogP contribution in [0.2, 0.25) is 0 Å². The summed E-state index contributed by atoms with van der Waals surface area (Å²) in [5.41, 5.74) is 2.65. The molecule has 0 saturated heterocycles. The van der Waals surface area contributed by atoms with Crippen molar-refractivity contribution in [3.8, 4) is 0 Å². The SMILES string of the molecule is Cc1nc2ncnn2c(C)c1CCC(=O)O.Cl. The van der Waals surface area contributed by atoms with Gasteiger partial charge in [-0.2, -0.15) is 10.1 Å². The molecule has 0 amide bonds. The predicted octanol–water partition coefficient (Wildman–Crippen LogP) is 1.18. The lowest BCUT2D eigenvalue weighted by atomic mass is 10.1. The Bertz CT molecular complexity index is 552. The molecule has 0 bridgehead atoms. The van der Waals surface area contributed by atoms with Crippen LogP contribution in [0.15, 0.2) is 6.33 Å². The molecule has 0 spiro atoms. The third kappa shape index (κ3) is 2.52. The van der Waals surface area contributed by atoms with Crippen molar-refractivity contribution in [3.63, 3.8) is 0 Å². The van der Waals surface area contributed by atoms with Gasteiger partial charge in [-0.25, -0.2) is 9.50 Å². The highest BCUT2D eigenvalue weighted by molar-refractivity contribution is 5.85. The number of hydrogen-bond acceptors (Lipinski definition) is 4. The summed E-state index contributed by atoms with van der Waals surface area (Å²) in [5, 5.41) is 12.7. The molecule has 2 aromatic rings. The van der Waals surface area contributed by atoms with Crippen LogP contribution in [0, 0.1) is 13.8 Å². The quantitative estimate of drug-likeness (QED) is 0.892. The summed E-state index contributed by atoms with van der Waals surface area (Å²) in [4.78, 5) is 18.8. The number of rotatable bonds is 3. The second kappa shape index (κ2) is 5.09. The van der Waals surface area contributed by atoms with E-state index in [1.807, 2.05) is 13.8 Å². The number of carboxylic acids is 1. The van der Waals surface area contributed by atoms with E-state index in [2.05, 4.69) is 15.1 Å². The van der Waals surface area contributed by atoms with Gasteiger partial charge in [0.25, 0.3) is 5.78 Å². The van der Waals surface area contributed by atoms with Gasteiger partial charge >= 0.3 is 5.97 Å². The highest BCUT2D eigenvalue weighted by atomic mass is 35.5. The van der Waals surface area contributed by atoms with Crippen molar-refractivity contribution in [3.05, 3.63) is 23.3 Å². The first kappa shape index (κ1) is 13.4. The zero-order valence-electron chi connectivity index (χ0n) is 9.54. The van der Waals surface area contributed by atoms with Crippen LogP contribution in [0.25, 0.3) is 5.78 Å². The third-order valence-electron chi connectivity index (χ3n) is 2.58. The van der Waals surface area contributed by atoms with Crippen molar-refractivity contribution in [2.24, 2.45) is 0 Å². The van der Waals surface area contributed by atoms with Gasteiger partial charge in [-0.05, 0) is 25.8 Å². The van der Waals surface area contributed by atoms with E-state index in [-0.39, 0.29) is 18.8 Å². The molecule has 0 atom stereocenters. The number of aromatic nitrogens is 4. The van der Waals surface area contributed by atoms with Crippen LogP contribution in [-0.4, -0.2) is 30.7 Å². The van der Waals surface area contributed by atoms with Gasteiger partial charge in [-0.1, -0.05) is 0 Å². The monoisotopic (exact) mass is 256 g/mol. The Morgan fingerprint density at radius 1 is 1.47 bits per heavy atom. The third-order valence-corrected chi connectivity index (χ3v) is 2.58. The summed E-state index contributed by atoms with van der Waals surface area (Å²) < 4.78 is 1.63. The predicted molar refractivity (Wildman–Crippen MR) is 63.5 cm³/mol. The first-order chi connectivity index (χ1) is 7.59. The first-order valence-electron chi connectivity index (χ1n) is 4.97. The molecule has 2 aromatic heterocycles. The second-order valence-corrected chi connectivity index (χ2v) is 3.63. The van der Waals surface area contributed by atoms with Gasteiger partial charge in [-0.15, -0.1) is 12.4 Å². The van der Waals surface area contributed by atoms with E-state index in [9.17, 15) is 4.79 Å². The van der Waals surface area contributed by atoms with E-state index < -0.39 is 5.97 Å². The van der Waals surface area contributed by atoms with Crippen LogP contribution in [0.5, 0.6) is 0 Å². The summed E-state index contributed by atoms with van der Waals surface area (Å²) in [6.07, 6.45) is 2.01. The lowest BCUT2D eigenvalue weighted by Gasteiger charge is -2.08. The molecule has 17 heavy (non-hydrogen) atoms. The average molecular weight is 257 g/mol. The van der Waals surface area contributed by atoms with Gasteiger partial charge < -0.3 is 5.11 Å². The number of carboxylic acid groups (broad SMARTS) is 1. The maximum absolute atomic E-state index is 10.6. The Hall–Kier alpha value is -1.69. The van der Waals surface area contributed by atoms with Crippen molar-refractivity contribution >= 4 is 24.2 Å². The number of fused-ring (bicyclic) bond motifs is 1. The molecule has 0 radical (unpaired) electrons. The van der Waals surface area contributed by atoms with Crippen molar-refractivity contribution in [1.82, 2.24) is 19.6 Å².